The zero-order valence-corrected chi connectivity index (χ0v) is 14.6. The minimum Gasteiger partial charge on any atom is -0.368 e. The number of hydrogen-bond acceptors (Lipinski definition) is 3. The Morgan fingerprint density at radius 2 is 1.81 bits per heavy atom. The van der Waals surface area contributed by atoms with E-state index in [0.29, 0.717) is 12.1 Å². The van der Waals surface area contributed by atoms with Crippen molar-refractivity contribution >= 4 is 28.8 Å². The van der Waals surface area contributed by atoms with Crippen LogP contribution in [0.1, 0.15) is 11.1 Å². The van der Waals surface area contributed by atoms with Crippen molar-refractivity contribution in [1.29, 1.82) is 5.26 Å². The summed E-state index contributed by atoms with van der Waals surface area (Å²) in [6.45, 7) is 0.360. The maximum absolute atomic E-state index is 12.4. The van der Waals surface area contributed by atoms with Crippen LogP contribution < -0.4 is 11.1 Å². The highest BCUT2D eigenvalue weighted by atomic mass is 16.2. The molecular weight excluding hydrogens is 340 g/mol. The molecule has 0 aliphatic carbocycles. The molecule has 0 spiro atoms. The first kappa shape index (κ1) is 18.0. The third-order valence-corrected chi connectivity index (χ3v) is 4.11. The lowest BCUT2D eigenvalue weighted by Crippen LogP contribution is -2.23. The summed E-state index contributed by atoms with van der Waals surface area (Å²) in [5.74, 6) is -0.916. The van der Waals surface area contributed by atoms with E-state index in [1.165, 1.54) is 6.08 Å². The Labute approximate surface area is 156 Å². The van der Waals surface area contributed by atoms with Gasteiger partial charge in [-0.15, -0.1) is 0 Å². The van der Waals surface area contributed by atoms with Crippen LogP contribution in [0.15, 0.2) is 66.4 Å². The van der Waals surface area contributed by atoms with E-state index in [-0.39, 0.29) is 12.1 Å². The number of carbonyl (C=O) groups is 2. The van der Waals surface area contributed by atoms with Gasteiger partial charge in [0, 0.05) is 29.2 Å². The summed E-state index contributed by atoms with van der Waals surface area (Å²) in [7, 11) is 0. The second-order valence-corrected chi connectivity index (χ2v) is 6.03. The van der Waals surface area contributed by atoms with Gasteiger partial charge in [0.15, 0.2) is 0 Å². The number of rotatable bonds is 6. The predicted molar refractivity (Wildman–Crippen MR) is 103 cm³/mol. The van der Waals surface area contributed by atoms with E-state index in [2.05, 4.69) is 5.32 Å². The quantitative estimate of drug-likeness (QED) is 0.522. The minimum atomic E-state index is -0.465. The molecule has 0 saturated heterocycles. The fourth-order valence-corrected chi connectivity index (χ4v) is 2.87. The summed E-state index contributed by atoms with van der Waals surface area (Å²) >= 11 is 0. The molecule has 0 unspecified atom stereocenters. The Morgan fingerprint density at radius 3 is 2.52 bits per heavy atom. The molecular formula is C21H18N4O2. The number of primary amides is 1. The number of fused-ring (bicyclic) bond motifs is 1. The van der Waals surface area contributed by atoms with Gasteiger partial charge >= 0.3 is 0 Å². The number of nitrogens with one attached hydrogen (secondary N) is 1. The number of hydrogen-bond donors (Lipinski definition) is 2. The first-order chi connectivity index (χ1) is 13.1. The molecule has 3 aromatic rings. The second-order valence-electron chi connectivity index (χ2n) is 6.03. The van der Waals surface area contributed by atoms with Crippen molar-refractivity contribution in [3.05, 3.63) is 77.5 Å². The molecule has 0 aliphatic heterocycles. The van der Waals surface area contributed by atoms with Gasteiger partial charge in [0.25, 0.3) is 5.91 Å². The van der Waals surface area contributed by atoms with Gasteiger partial charge in [-0.1, -0.05) is 48.5 Å². The number of carbonyl (C=O) groups excluding carboxylic acids is 2. The van der Waals surface area contributed by atoms with E-state index in [0.717, 1.165) is 16.5 Å². The molecule has 0 atom stereocenters. The molecule has 3 rings (SSSR count). The average molecular weight is 358 g/mol. The molecule has 6 nitrogen and oxygen atoms in total. The van der Waals surface area contributed by atoms with Gasteiger partial charge in [-0.25, -0.2) is 0 Å². The topological polar surface area (TPSA) is 101 Å². The first-order valence-electron chi connectivity index (χ1n) is 8.38. The summed E-state index contributed by atoms with van der Waals surface area (Å²) < 4.78 is 1.71. The van der Waals surface area contributed by atoms with E-state index in [1.807, 2.05) is 60.7 Å². The molecule has 27 heavy (non-hydrogen) atoms. The number of amides is 2. The van der Waals surface area contributed by atoms with Crippen LogP contribution in [-0.4, -0.2) is 16.4 Å². The Hall–Kier alpha value is -3.85. The van der Waals surface area contributed by atoms with Crippen LogP contribution in [0.5, 0.6) is 0 Å². The standard InChI is InChI=1S/C21H18N4O2/c22-11-16(21(27)24-12-15-6-2-1-3-7-15)10-17-13-25(14-20(23)26)19-9-5-4-8-18(17)19/h1-10,13H,12,14H2,(H2,23,26)(H,24,27)/b16-10+. The van der Waals surface area contributed by atoms with E-state index < -0.39 is 11.8 Å². The lowest BCUT2D eigenvalue weighted by atomic mass is 10.1. The van der Waals surface area contributed by atoms with Gasteiger partial charge in [0.2, 0.25) is 5.91 Å². The van der Waals surface area contributed by atoms with Gasteiger partial charge in [0.05, 0.1) is 0 Å². The van der Waals surface area contributed by atoms with E-state index in [4.69, 9.17) is 5.73 Å². The highest BCUT2D eigenvalue weighted by Crippen LogP contribution is 2.23. The molecule has 0 fully saturated rings. The molecule has 1 heterocycles. The monoisotopic (exact) mass is 358 g/mol. The first-order valence-corrected chi connectivity index (χ1v) is 8.38. The zero-order chi connectivity index (χ0) is 19.2. The normalized spacial score (nSPS) is 11.1. The van der Waals surface area contributed by atoms with Crippen LogP contribution >= 0.6 is 0 Å². The molecule has 0 radical (unpaired) electrons. The number of nitriles is 1. The molecule has 0 saturated carbocycles. The number of nitrogens with zero attached hydrogens (tertiary/aromatic N) is 2. The molecule has 0 bridgehead atoms. The average Bonchev–Trinajstić information content (AvgIpc) is 3.02. The largest absolute Gasteiger partial charge is 0.368 e. The van der Waals surface area contributed by atoms with Crippen LogP contribution in [0.3, 0.4) is 0 Å². The van der Waals surface area contributed by atoms with Crippen molar-refractivity contribution in [2.45, 2.75) is 13.1 Å². The molecule has 134 valence electrons. The van der Waals surface area contributed by atoms with Crippen LogP contribution in [0.4, 0.5) is 0 Å². The summed E-state index contributed by atoms with van der Waals surface area (Å²) in [5.41, 5.74) is 7.73. The minimum absolute atomic E-state index is 0.00657. The smallest absolute Gasteiger partial charge is 0.262 e. The van der Waals surface area contributed by atoms with Gasteiger partial charge in [-0.2, -0.15) is 5.26 Å². The maximum atomic E-state index is 12.4. The SMILES string of the molecule is N#C/C(=C\c1cn(CC(N)=O)c2ccccc12)C(=O)NCc1ccccc1. The Balaban J connectivity index is 1.88. The lowest BCUT2D eigenvalue weighted by Gasteiger charge is -2.04. The van der Waals surface area contributed by atoms with Crippen molar-refractivity contribution < 1.29 is 9.59 Å². The van der Waals surface area contributed by atoms with Gasteiger partial charge < -0.3 is 15.6 Å². The molecule has 0 aliphatic rings. The van der Waals surface area contributed by atoms with E-state index in [1.54, 1.807) is 10.8 Å². The van der Waals surface area contributed by atoms with Crippen molar-refractivity contribution in [3.8, 4) is 6.07 Å². The van der Waals surface area contributed by atoms with Crippen LogP contribution in [0.25, 0.3) is 17.0 Å². The Morgan fingerprint density at radius 1 is 1.11 bits per heavy atom. The highest BCUT2D eigenvalue weighted by Gasteiger charge is 2.13. The van der Waals surface area contributed by atoms with Crippen LogP contribution in [0, 0.1) is 11.3 Å². The number of nitrogens with two attached hydrogens (primary N) is 1. The molecule has 2 aromatic carbocycles. The Bertz CT molecular complexity index is 1060. The lowest BCUT2D eigenvalue weighted by molar-refractivity contribution is -0.118. The Kier molecular flexibility index (Phi) is 5.33. The van der Waals surface area contributed by atoms with Crippen LogP contribution in [-0.2, 0) is 22.7 Å². The third-order valence-electron chi connectivity index (χ3n) is 4.11. The second kappa shape index (κ2) is 8.02. The summed E-state index contributed by atoms with van der Waals surface area (Å²) in [6.07, 6.45) is 3.25. The van der Waals surface area contributed by atoms with E-state index >= 15 is 0 Å². The van der Waals surface area contributed by atoms with Crippen molar-refractivity contribution in [2.24, 2.45) is 5.73 Å². The summed E-state index contributed by atoms with van der Waals surface area (Å²) in [5, 5.41) is 13.0. The molecule has 3 N–H and O–H groups in total. The summed E-state index contributed by atoms with van der Waals surface area (Å²) in [4.78, 5) is 23.7. The van der Waals surface area contributed by atoms with Crippen molar-refractivity contribution in [1.82, 2.24) is 9.88 Å². The van der Waals surface area contributed by atoms with Gasteiger partial charge in [-0.3, -0.25) is 9.59 Å². The molecule has 6 heteroatoms. The summed E-state index contributed by atoms with van der Waals surface area (Å²) in [6, 6.07) is 18.8. The van der Waals surface area contributed by atoms with Crippen molar-refractivity contribution in [3.63, 3.8) is 0 Å². The van der Waals surface area contributed by atoms with Gasteiger partial charge in [0.1, 0.15) is 18.2 Å². The number of para-hydroxylation sites is 1. The maximum Gasteiger partial charge on any atom is 0.262 e. The fourth-order valence-electron chi connectivity index (χ4n) is 2.87. The van der Waals surface area contributed by atoms with Crippen molar-refractivity contribution in [2.75, 3.05) is 0 Å². The van der Waals surface area contributed by atoms with E-state index in [9.17, 15) is 14.9 Å². The molecule has 1 aromatic heterocycles. The number of aromatic nitrogens is 1. The molecule has 2 amide bonds. The predicted octanol–water partition coefficient (Wildman–Crippen LogP) is 2.35. The highest BCUT2D eigenvalue weighted by molar-refractivity contribution is 6.04. The van der Waals surface area contributed by atoms with Gasteiger partial charge in [-0.05, 0) is 17.7 Å². The zero-order valence-electron chi connectivity index (χ0n) is 14.6. The fraction of sp³-hybridized carbons (Fsp3) is 0.0952. The number of benzene rings is 2. The van der Waals surface area contributed by atoms with Crippen LogP contribution in [0.2, 0.25) is 0 Å². The third kappa shape index (κ3) is 4.22.